The lowest BCUT2D eigenvalue weighted by Gasteiger charge is -2.28. The van der Waals surface area contributed by atoms with Gasteiger partial charge in [-0.3, -0.25) is 4.57 Å². The van der Waals surface area contributed by atoms with Gasteiger partial charge >= 0.3 is 7.60 Å². The highest BCUT2D eigenvalue weighted by molar-refractivity contribution is 7.54. The van der Waals surface area contributed by atoms with Crippen LogP contribution >= 0.6 is 7.60 Å². The van der Waals surface area contributed by atoms with E-state index in [1.54, 1.807) is 24.3 Å². The van der Waals surface area contributed by atoms with E-state index in [1.807, 2.05) is 78.9 Å². The van der Waals surface area contributed by atoms with Crippen molar-refractivity contribution in [2.75, 3.05) is 0 Å². The molecule has 6 heteroatoms. The van der Waals surface area contributed by atoms with Crippen molar-refractivity contribution in [3.05, 3.63) is 108 Å². The minimum absolute atomic E-state index is 0.0415. The van der Waals surface area contributed by atoms with Crippen LogP contribution in [0.25, 0.3) is 0 Å². The molecule has 0 radical (unpaired) electrons. The molecular weight excluding hydrogens is 395 g/mol. The molecule has 0 fully saturated rings. The zero-order valence-corrected chi connectivity index (χ0v) is 17.2. The molecule has 0 bridgehead atoms. The first-order valence-corrected chi connectivity index (χ1v) is 11.1. The number of nitrogens with zero attached hydrogens (tertiary/aromatic N) is 2. The van der Waals surface area contributed by atoms with E-state index in [0.29, 0.717) is 5.56 Å². The second-order valence-electron chi connectivity index (χ2n) is 6.65. The van der Waals surface area contributed by atoms with Gasteiger partial charge in [0.15, 0.2) is 5.92 Å². The molecule has 0 aliphatic carbocycles. The Hall–Kier alpha value is -3.21. The highest BCUT2D eigenvalue weighted by atomic mass is 31.2. The molecule has 150 valence electrons. The predicted molar refractivity (Wildman–Crippen MR) is 114 cm³/mol. The Morgan fingerprint density at radius 2 is 1.10 bits per heavy atom. The fourth-order valence-electron chi connectivity index (χ4n) is 3.05. The van der Waals surface area contributed by atoms with Crippen LogP contribution in [0.3, 0.4) is 0 Å². The maximum absolute atomic E-state index is 14.1. The highest BCUT2D eigenvalue weighted by Crippen LogP contribution is 2.64. The molecule has 0 N–H and O–H groups in total. The lowest BCUT2D eigenvalue weighted by atomic mass is 10.0. The minimum atomic E-state index is -3.92. The average Bonchev–Trinajstić information content (AvgIpc) is 2.82. The van der Waals surface area contributed by atoms with Crippen LogP contribution in [0.2, 0.25) is 0 Å². The quantitative estimate of drug-likeness (QED) is 0.399. The summed E-state index contributed by atoms with van der Waals surface area (Å²) in [6, 6.07) is 31.3. The zero-order chi connectivity index (χ0) is 21.2. The molecule has 0 heterocycles. The van der Waals surface area contributed by atoms with Gasteiger partial charge in [0.05, 0.1) is 25.4 Å². The predicted octanol–water partition coefficient (Wildman–Crippen LogP) is 6.02. The van der Waals surface area contributed by atoms with Gasteiger partial charge in [-0.2, -0.15) is 10.5 Å². The molecule has 3 rings (SSSR count). The van der Waals surface area contributed by atoms with E-state index in [1.165, 1.54) is 0 Å². The Morgan fingerprint density at radius 3 is 1.50 bits per heavy atom. The molecule has 30 heavy (non-hydrogen) atoms. The van der Waals surface area contributed by atoms with Gasteiger partial charge < -0.3 is 9.05 Å². The summed E-state index contributed by atoms with van der Waals surface area (Å²) in [5.74, 6) is -1.19. The number of rotatable bonds is 9. The van der Waals surface area contributed by atoms with Crippen LogP contribution in [0, 0.1) is 28.6 Å². The molecule has 0 aliphatic rings. The van der Waals surface area contributed by atoms with Crippen LogP contribution in [0.15, 0.2) is 91.0 Å². The SMILES string of the molecule is N#CC(C#N)C(c1ccccc1)P(=O)(OCc1ccccc1)OCc1ccccc1. The number of hydrogen-bond acceptors (Lipinski definition) is 5. The van der Waals surface area contributed by atoms with Crippen LogP contribution in [-0.2, 0) is 26.8 Å². The van der Waals surface area contributed by atoms with E-state index in [4.69, 9.17) is 9.05 Å². The first-order chi connectivity index (χ1) is 14.7. The van der Waals surface area contributed by atoms with Gasteiger partial charge in [-0.1, -0.05) is 91.0 Å². The molecular formula is C24H21N2O3P. The molecule has 1 unspecified atom stereocenters. The molecule has 0 saturated carbocycles. The smallest absolute Gasteiger partial charge is 0.303 e. The van der Waals surface area contributed by atoms with Crippen molar-refractivity contribution in [2.24, 2.45) is 5.92 Å². The van der Waals surface area contributed by atoms with Crippen molar-refractivity contribution in [1.29, 1.82) is 10.5 Å². The summed E-state index contributed by atoms with van der Waals surface area (Å²) in [6.45, 7) is 0.0830. The Morgan fingerprint density at radius 1 is 0.700 bits per heavy atom. The number of hydrogen-bond donors (Lipinski definition) is 0. The lowest BCUT2D eigenvalue weighted by molar-refractivity contribution is 0.181. The zero-order valence-electron chi connectivity index (χ0n) is 16.3. The van der Waals surface area contributed by atoms with Crippen molar-refractivity contribution in [3.63, 3.8) is 0 Å². The van der Waals surface area contributed by atoms with Crippen LogP contribution in [0.5, 0.6) is 0 Å². The lowest BCUT2D eigenvalue weighted by Crippen LogP contribution is -2.14. The third-order valence-electron chi connectivity index (χ3n) is 4.58. The molecule has 0 aliphatic heterocycles. The van der Waals surface area contributed by atoms with Gasteiger partial charge in [0, 0.05) is 0 Å². The molecule has 3 aromatic carbocycles. The Labute approximate surface area is 176 Å². The van der Waals surface area contributed by atoms with Crippen molar-refractivity contribution < 1.29 is 13.6 Å². The minimum Gasteiger partial charge on any atom is -0.303 e. The van der Waals surface area contributed by atoms with E-state index in [0.717, 1.165) is 11.1 Å². The van der Waals surface area contributed by atoms with Gasteiger partial charge in [-0.05, 0) is 16.7 Å². The van der Waals surface area contributed by atoms with Crippen LogP contribution < -0.4 is 0 Å². The standard InChI is InChI=1S/C24H21N2O3P/c25-16-23(17-26)24(22-14-8-3-9-15-22)30(27,28-18-20-10-4-1-5-11-20)29-19-21-12-6-2-7-13-21/h1-15,23-24H,18-19H2. The molecule has 0 amide bonds. The van der Waals surface area contributed by atoms with Crippen LogP contribution in [-0.4, -0.2) is 0 Å². The first-order valence-electron chi connectivity index (χ1n) is 9.47. The summed E-state index contributed by atoms with van der Waals surface area (Å²) in [7, 11) is -3.92. The van der Waals surface area contributed by atoms with Gasteiger partial charge in [0.25, 0.3) is 0 Å². The van der Waals surface area contributed by atoms with Gasteiger partial charge in [-0.25, -0.2) is 0 Å². The molecule has 1 atom stereocenters. The summed E-state index contributed by atoms with van der Waals surface area (Å²) < 4.78 is 25.8. The highest BCUT2D eigenvalue weighted by Gasteiger charge is 2.43. The second-order valence-corrected chi connectivity index (χ2v) is 8.80. The van der Waals surface area contributed by atoms with Gasteiger partial charge in [0.2, 0.25) is 0 Å². The fourth-order valence-corrected chi connectivity index (χ4v) is 5.14. The van der Waals surface area contributed by atoms with Crippen LogP contribution in [0.4, 0.5) is 0 Å². The van der Waals surface area contributed by atoms with Crippen molar-refractivity contribution >= 4 is 7.60 Å². The molecule has 0 aromatic heterocycles. The molecule has 3 aromatic rings. The summed E-state index contributed by atoms with van der Waals surface area (Å²) >= 11 is 0. The Balaban J connectivity index is 1.97. The largest absolute Gasteiger partial charge is 0.341 e. The fraction of sp³-hybridized carbons (Fsp3) is 0.167. The van der Waals surface area contributed by atoms with E-state index in [2.05, 4.69) is 0 Å². The first kappa shape index (κ1) is 21.5. The van der Waals surface area contributed by atoms with Crippen molar-refractivity contribution in [2.45, 2.75) is 18.9 Å². The monoisotopic (exact) mass is 416 g/mol. The molecule has 0 saturated heterocycles. The number of benzene rings is 3. The summed E-state index contributed by atoms with van der Waals surface area (Å²) in [5, 5.41) is 19.2. The maximum Gasteiger partial charge on any atom is 0.341 e. The van der Waals surface area contributed by atoms with E-state index >= 15 is 0 Å². The molecule has 0 spiro atoms. The topological polar surface area (TPSA) is 83.1 Å². The average molecular weight is 416 g/mol. The second kappa shape index (κ2) is 10.5. The number of nitriles is 2. The normalized spacial score (nSPS) is 12.1. The van der Waals surface area contributed by atoms with Gasteiger partial charge in [-0.15, -0.1) is 0 Å². The van der Waals surface area contributed by atoms with E-state index in [9.17, 15) is 15.1 Å². The van der Waals surface area contributed by atoms with Crippen molar-refractivity contribution in [1.82, 2.24) is 0 Å². The summed E-state index contributed by atoms with van der Waals surface area (Å²) in [5.41, 5.74) is 1.17. The maximum atomic E-state index is 14.1. The van der Waals surface area contributed by atoms with Crippen molar-refractivity contribution in [3.8, 4) is 12.1 Å². The third-order valence-corrected chi connectivity index (χ3v) is 6.84. The Kier molecular flexibility index (Phi) is 7.55. The van der Waals surface area contributed by atoms with Crippen LogP contribution in [0.1, 0.15) is 22.3 Å². The molecule has 5 nitrogen and oxygen atoms in total. The summed E-state index contributed by atoms with van der Waals surface area (Å²) in [6.07, 6.45) is 0. The van der Waals surface area contributed by atoms with E-state index < -0.39 is 19.2 Å². The van der Waals surface area contributed by atoms with Gasteiger partial charge in [0.1, 0.15) is 5.66 Å². The Bertz CT molecular complexity index is 999. The summed E-state index contributed by atoms with van der Waals surface area (Å²) in [4.78, 5) is 0. The third kappa shape index (κ3) is 5.44. The van der Waals surface area contributed by atoms with E-state index in [-0.39, 0.29) is 13.2 Å².